The van der Waals surface area contributed by atoms with Crippen LogP contribution in [0.5, 0.6) is 5.88 Å². The number of likely N-dealkylation sites (tertiary alicyclic amines) is 1. The number of imidazole rings is 1. The van der Waals surface area contributed by atoms with E-state index in [1.807, 2.05) is 24.0 Å². The van der Waals surface area contributed by atoms with Gasteiger partial charge in [0, 0.05) is 50.4 Å². The van der Waals surface area contributed by atoms with E-state index in [1.165, 1.54) is 0 Å². The van der Waals surface area contributed by atoms with Gasteiger partial charge in [-0.2, -0.15) is 0 Å². The van der Waals surface area contributed by atoms with Gasteiger partial charge in [0.2, 0.25) is 11.8 Å². The van der Waals surface area contributed by atoms with Crippen molar-refractivity contribution in [2.24, 2.45) is 0 Å². The second kappa shape index (κ2) is 7.07. The summed E-state index contributed by atoms with van der Waals surface area (Å²) >= 11 is 0. The fourth-order valence-corrected chi connectivity index (χ4v) is 3.78. The fraction of sp³-hybridized carbons (Fsp3) is 0.526. The summed E-state index contributed by atoms with van der Waals surface area (Å²) in [6.07, 6.45) is 4.87. The highest BCUT2D eigenvalue weighted by atomic mass is 16.5. The molecule has 4 heterocycles. The molecular weight excluding hydrogens is 330 g/mol. The molecule has 2 aromatic rings. The topological polar surface area (TPSA) is 74.3 Å². The molecule has 1 N–H and O–H groups in total. The third-order valence-corrected chi connectivity index (χ3v) is 5.40. The van der Waals surface area contributed by atoms with Crippen LogP contribution < -0.4 is 4.74 Å². The Balaban J connectivity index is 1.48. The molecule has 2 aliphatic rings. The van der Waals surface area contributed by atoms with E-state index in [9.17, 15) is 4.79 Å². The maximum Gasteiger partial charge on any atom is 0.239 e. The van der Waals surface area contributed by atoms with Crippen LogP contribution in [0.3, 0.4) is 0 Å². The van der Waals surface area contributed by atoms with E-state index in [1.54, 1.807) is 13.3 Å². The van der Waals surface area contributed by atoms with Crippen molar-refractivity contribution in [3.8, 4) is 17.3 Å². The standard InChI is InChI=1S/C19H25N5O2/c1-13(19(25)23-8-3-4-9-23)24-10-7-15-16(12-24)22-18(21-15)14-5-6-17(26-2)20-11-14/h5-6,11,13H,3-4,7-10,12H2,1-2H3,(H,21,22)/t13-/m1/s1. The first-order chi connectivity index (χ1) is 12.7. The van der Waals surface area contributed by atoms with Crippen LogP contribution in [-0.4, -0.2) is 63.4 Å². The van der Waals surface area contributed by atoms with Crippen molar-refractivity contribution in [1.29, 1.82) is 0 Å². The van der Waals surface area contributed by atoms with Crippen molar-refractivity contribution < 1.29 is 9.53 Å². The van der Waals surface area contributed by atoms with Crippen LogP contribution >= 0.6 is 0 Å². The lowest BCUT2D eigenvalue weighted by Crippen LogP contribution is -2.47. The fourth-order valence-electron chi connectivity index (χ4n) is 3.78. The first kappa shape index (κ1) is 17.0. The van der Waals surface area contributed by atoms with Gasteiger partial charge in [0.25, 0.3) is 0 Å². The molecule has 4 rings (SSSR count). The lowest BCUT2D eigenvalue weighted by molar-refractivity contribution is -0.135. The van der Waals surface area contributed by atoms with Crippen molar-refractivity contribution in [3.63, 3.8) is 0 Å². The molecule has 0 spiro atoms. The summed E-state index contributed by atoms with van der Waals surface area (Å²) in [7, 11) is 1.60. The Morgan fingerprint density at radius 2 is 2.08 bits per heavy atom. The molecule has 138 valence electrons. The van der Waals surface area contributed by atoms with E-state index in [4.69, 9.17) is 9.72 Å². The molecule has 1 amide bonds. The number of ether oxygens (including phenoxy) is 1. The minimum absolute atomic E-state index is 0.0874. The summed E-state index contributed by atoms with van der Waals surface area (Å²) in [6.45, 7) is 5.42. The lowest BCUT2D eigenvalue weighted by Gasteiger charge is -2.33. The maximum atomic E-state index is 12.7. The largest absolute Gasteiger partial charge is 0.481 e. The number of methoxy groups -OCH3 is 1. The number of fused-ring (bicyclic) bond motifs is 1. The monoisotopic (exact) mass is 355 g/mol. The molecule has 1 fully saturated rings. The number of amides is 1. The maximum absolute atomic E-state index is 12.7. The highest BCUT2D eigenvalue weighted by Gasteiger charge is 2.31. The van der Waals surface area contributed by atoms with Gasteiger partial charge in [-0.05, 0) is 25.8 Å². The Bertz CT molecular complexity index is 780. The number of hydrogen-bond donors (Lipinski definition) is 1. The van der Waals surface area contributed by atoms with E-state index in [0.717, 1.165) is 68.2 Å². The third-order valence-electron chi connectivity index (χ3n) is 5.40. The highest BCUT2D eigenvalue weighted by Crippen LogP contribution is 2.25. The van der Waals surface area contributed by atoms with Crippen LogP contribution in [0, 0.1) is 0 Å². The number of rotatable bonds is 4. The van der Waals surface area contributed by atoms with Gasteiger partial charge in [-0.3, -0.25) is 9.69 Å². The summed E-state index contributed by atoms with van der Waals surface area (Å²) in [5.41, 5.74) is 3.13. The number of aromatic amines is 1. The van der Waals surface area contributed by atoms with Crippen LogP contribution in [0.1, 0.15) is 31.2 Å². The lowest BCUT2D eigenvalue weighted by atomic mass is 10.1. The number of aromatic nitrogens is 3. The van der Waals surface area contributed by atoms with Crippen molar-refractivity contribution in [2.75, 3.05) is 26.7 Å². The van der Waals surface area contributed by atoms with Crippen LogP contribution in [0.25, 0.3) is 11.4 Å². The number of carbonyl (C=O) groups is 1. The number of hydrogen-bond acceptors (Lipinski definition) is 5. The molecule has 0 bridgehead atoms. The Morgan fingerprint density at radius 1 is 1.27 bits per heavy atom. The molecule has 1 atom stereocenters. The Kier molecular flexibility index (Phi) is 4.63. The average Bonchev–Trinajstić information content (AvgIpc) is 3.36. The van der Waals surface area contributed by atoms with Gasteiger partial charge in [-0.15, -0.1) is 0 Å². The molecule has 0 saturated carbocycles. The zero-order chi connectivity index (χ0) is 18.1. The molecule has 0 aromatic carbocycles. The van der Waals surface area contributed by atoms with Gasteiger partial charge in [0.05, 0.1) is 24.5 Å². The second-order valence-electron chi connectivity index (χ2n) is 7.03. The zero-order valence-corrected chi connectivity index (χ0v) is 15.4. The predicted octanol–water partition coefficient (Wildman–Crippen LogP) is 1.85. The Morgan fingerprint density at radius 3 is 2.77 bits per heavy atom. The van der Waals surface area contributed by atoms with E-state index in [-0.39, 0.29) is 11.9 Å². The van der Waals surface area contributed by atoms with Crippen molar-refractivity contribution in [3.05, 3.63) is 29.7 Å². The summed E-state index contributed by atoms with van der Waals surface area (Å²) in [5.74, 6) is 1.67. The molecule has 0 unspecified atom stereocenters. The summed E-state index contributed by atoms with van der Waals surface area (Å²) in [6, 6.07) is 3.70. The number of pyridine rings is 1. The summed E-state index contributed by atoms with van der Waals surface area (Å²) in [4.78, 5) is 29.3. The van der Waals surface area contributed by atoms with E-state index < -0.39 is 0 Å². The van der Waals surface area contributed by atoms with Gasteiger partial charge in [-0.25, -0.2) is 9.97 Å². The first-order valence-corrected chi connectivity index (χ1v) is 9.26. The quantitative estimate of drug-likeness (QED) is 0.906. The molecule has 1 saturated heterocycles. The predicted molar refractivity (Wildman–Crippen MR) is 97.8 cm³/mol. The van der Waals surface area contributed by atoms with Crippen LogP contribution in [0.2, 0.25) is 0 Å². The Hall–Kier alpha value is -2.41. The highest BCUT2D eigenvalue weighted by molar-refractivity contribution is 5.81. The average molecular weight is 355 g/mol. The van der Waals surface area contributed by atoms with Crippen molar-refractivity contribution >= 4 is 5.91 Å². The molecule has 2 aromatic heterocycles. The molecule has 7 heteroatoms. The van der Waals surface area contributed by atoms with E-state index >= 15 is 0 Å². The SMILES string of the molecule is COc1ccc(-c2nc3c([nH]2)CN([C@H](C)C(=O)N2CCCC2)CC3)cn1. The second-order valence-corrected chi connectivity index (χ2v) is 7.03. The van der Waals surface area contributed by atoms with Gasteiger partial charge < -0.3 is 14.6 Å². The van der Waals surface area contributed by atoms with Gasteiger partial charge in [-0.1, -0.05) is 0 Å². The van der Waals surface area contributed by atoms with Crippen molar-refractivity contribution in [2.45, 2.75) is 38.8 Å². The zero-order valence-electron chi connectivity index (χ0n) is 15.4. The van der Waals surface area contributed by atoms with Crippen LogP contribution in [-0.2, 0) is 17.8 Å². The first-order valence-electron chi connectivity index (χ1n) is 9.26. The Labute approximate surface area is 153 Å². The molecular formula is C19H25N5O2. The minimum atomic E-state index is -0.0874. The minimum Gasteiger partial charge on any atom is -0.481 e. The van der Waals surface area contributed by atoms with Crippen LogP contribution in [0.15, 0.2) is 18.3 Å². The third kappa shape index (κ3) is 3.19. The van der Waals surface area contributed by atoms with Crippen molar-refractivity contribution in [1.82, 2.24) is 24.8 Å². The van der Waals surface area contributed by atoms with Gasteiger partial charge >= 0.3 is 0 Å². The molecule has 26 heavy (non-hydrogen) atoms. The van der Waals surface area contributed by atoms with E-state index in [2.05, 4.69) is 14.9 Å². The van der Waals surface area contributed by atoms with E-state index in [0.29, 0.717) is 5.88 Å². The normalized spacial score (nSPS) is 18.6. The molecule has 2 aliphatic heterocycles. The van der Waals surface area contributed by atoms with Gasteiger partial charge in [0.1, 0.15) is 5.82 Å². The molecule has 0 radical (unpaired) electrons. The number of H-pyrrole nitrogens is 1. The van der Waals surface area contributed by atoms with Gasteiger partial charge in [0.15, 0.2) is 0 Å². The number of nitrogens with zero attached hydrogens (tertiary/aromatic N) is 4. The molecule has 0 aliphatic carbocycles. The smallest absolute Gasteiger partial charge is 0.239 e. The molecule has 7 nitrogen and oxygen atoms in total. The summed E-state index contributed by atoms with van der Waals surface area (Å²) in [5, 5.41) is 0. The number of carbonyl (C=O) groups excluding carboxylic acids is 1. The number of nitrogens with one attached hydrogen (secondary N) is 1. The summed E-state index contributed by atoms with van der Waals surface area (Å²) < 4.78 is 5.11. The van der Waals surface area contributed by atoms with Crippen LogP contribution in [0.4, 0.5) is 0 Å².